The van der Waals surface area contributed by atoms with Crippen LogP contribution in [0.25, 0.3) is 0 Å². The standard InChI is InChI=1S/C35H56N8O8/c1-21(2)19-29(35(50)51)43-34(49)28(20-22-13-15-23(44)16-14-22)42-33(48)26-10-4-3-9-24(38)30(45)39-25(11-5-7-17-36)31(46)41-27(32(47)40-26)12-6-8-18-37/h3-4,13-16,21,24-29,44H,5-12,17-20,36-38H2,1-2H3,(H,39,45)(H,40,47)(H,41,46)(H,42,48)(H,43,49)(H,50,51)/b4-3-/t24-,25+,26+,27+,28+,29+/m1/s1. The summed E-state index contributed by atoms with van der Waals surface area (Å²) < 4.78 is 0. The summed E-state index contributed by atoms with van der Waals surface area (Å²) in [6.07, 6.45) is 5.95. The van der Waals surface area contributed by atoms with Crippen molar-refractivity contribution in [3.8, 4) is 5.75 Å². The maximum absolute atomic E-state index is 13.9. The molecule has 0 aromatic heterocycles. The molecule has 0 saturated carbocycles. The number of carbonyl (C=O) groups excluding carboxylic acids is 5. The first-order chi connectivity index (χ1) is 24.2. The molecule has 6 atom stereocenters. The first kappa shape index (κ1) is 42.6. The molecule has 1 aromatic carbocycles. The number of hydrogen-bond acceptors (Lipinski definition) is 10. The van der Waals surface area contributed by atoms with E-state index in [1.165, 1.54) is 12.1 Å². The van der Waals surface area contributed by atoms with E-state index in [-0.39, 0.29) is 50.2 Å². The molecule has 0 spiro atoms. The van der Waals surface area contributed by atoms with Crippen molar-refractivity contribution in [1.29, 1.82) is 0 Å². The van der Waals surface area contributed by atoms with E-state index in [2.05, 4.69) is 26.6 Å². The summed E-state index contributed by atoms with van der Waals surface area (Å²) >= 11 is 0. The van der Waals surface area contributed by atoms with Gasteiger partial charge >= 0.3 is 5.97 Å². The van der Waals surface area contributed by atoms with Crippen LogP contribution in [0.1, 0.15) is 77.2 Å². The molecule has 0 saturated heterocycles. The van der Waals surface area contributed by atoms with Gasteiger partial charge in [-0.15, -0.1) is 0 Å². The highest BCUT2D eigenvalue weighted by atomic mass is 16.4. The van der Waals surface area contributed by atoms with E-state index in [0.717, 1.165) is 0 Å². The molecule has 0 radical (unpaired) electrons. The zero-order valence-corrected chi connectivity index (χ0v) is 29.6. The lowest BCUT2D eigenvalue weighted by Crippen LogP contribution is -2.59. The van der Waals surface area contributed by atoms with Crippen molar-refractivity contribution in [2.75, 3.05) is 13.1 Å². The van der Waals surface area contributed by atoms with Gasteiger partial charge in [0.2, 0.25) is 29.5 Å². The van der Waals surface area contributed by atoms with E-state index in [1.54, 1.807) is 24.3 Å². The van der Waals surface area contributed by atoms with Gasteiger partial charge in [-0.05, 0) is 94.5 Å². The molecular weight excluding hydrogens is 660 g/mol. The van der Waals surface area contributed by atoms with Gasteiger partial charge in [0.25, 0.3) is 0 Å². The highest BCUT2D eigenvalue weighted by Gasteiger charge is 2.33. The van der Waals surface area contributed by atoms with Crippen LogP contribution in [0.5, 0.6) is 5.75 Å². The van der Waals surface area contributed by atoms with Crippen LogP contribution in [0.15, 0.2) is 36.4 Å². The normalized spacial score (nSPS) is 22.0. The average Bonchev–Trinajstić information content (AvgIpc) is 3.08. The number of benzene rings is 1. The summed E-state index contributed by atoms with van der Waals surface area (Å²) in [5.74, 6) is -4.59. The molecule has 1 aliphatic rings. The fraction of sp³-hybridized carbons (Fsp3) is 0.600. The molecule has 0 unspecified atom stereocenters. The molecule has 51 heavy (non-hydrogen) atoms. The zero-order valence-electron chi connectivity index (χ0n) is 29.6. The van der Waals surface area contributed by atoms with Crippen LogP contribution in [0, 0.1) is 5.92 Å². The molecule has 0 aliphatic carbocycles. The first-order valence-electron chi connectivity index (χ1n) is 17.6. The number of hydrogen-bond donors (Lipinski definition) is 10. The third kappa shape index (κ3) is 15.5. The van der Waals surface area contributed by atoms with Crippen LogP contribution in [-0.2, 0) is 35.2 Å². The molecule has 0 bridgehead atoms. The Morgan fingerprint density at radius 1 is 0.804 bits per heavy atom. The lowest BCUT2D eigenvalue weighted by atomic mass is 10.0. The van der Waals surface area contributed by atoms with Crippen LogP contribution in [-0.4, -0.2) is 95.1 Å². The fourth-order valence-electron chi connectivity index (χ4n) is 5.47. The number of carbonyl (C=O) groups is 6. The van der Waals surface area contributed by atoms with E-state index in [4.69, 9.17) is 17.2 Å². The Balaban J connectivity index is 2.43. The summed E-state index contributed by atoms with van der Waals surface area (Å²) in [6.45, 7) is 4.39. The van der Waals surface area contributed by atoms with Crippen molar-refractivity contribution in [1.82, 2.24) is 26.6 Å². The van der Waals surface area contributed by atoms with Crippen LogP contribution in [0.2, 0.25) is 0 Å². The largest absolute Gasteiger partial charge is 0.508 e. The molecule has 2 rings (SSSR count). The van der Waals surface area contributed by atoms with E-state index in [0.29, 0.717) is 44.3 Å². The molecule has 284 valence electrons. The Morgan fingerprint density at radius 2 is 1.35 bits per heavy atom. The highest BCUT2D eigenvalue weighted by Crippen LogP contribution is 2.14. The number of rotatable bonds is 17. The highest BCUT2D eigenvalue weighted by molar-refractivity contribution is 5.96. The van der Waals surface area contributed by atoms with Crippen molar-refractivity contribution in [2.45, 2.75) is 114 Å². The lowest BCUT2D eigenvalue weighted by molar-refractivity contribution is -0.142. The molecule has 5 amide bonds. The van der Waals surface area contributed by atoms with Crippen LogP contribution in [0.3, 0.4) is 0 Å². The predicted octanol–water partition coefficient (Wildman–Crippen LogP) is -0.575. The quantitative estimate of drug-likeness (QED) is 0.0719. The number of phenolic OH excluding ortho intramolecular Hbond substituents is 1. The van der Waals surface area contributed by atoms with E-state index in [1.807, 2.05) is 13.8 Å². The van der Waals surface area contributed by atoms with Gasteiger partial charge in [-0.3, -0.25) is 24.0 Å². The lowest BCUT2D eigenvalue weighted by Gasteiger charge is -2.27. The summed E-state index contributed by atoms with van der Waals surface area (Å²) in [5.41, 5.74) is 18.0. The van der Waals surface area contributed by atoms with Gasteiger partial charge < -0.3 is 54.0 Å². The Hall–Kier alpha value is -4.54. The van der Waals surface area contributed by atoms with Gasteiger partial charge in [0.1, 0.15) is 36.0 Å². The molecule has 1 aromatic rings. The van der Waals surface area contributed by atoms with Crippen molar-refractivity contribution in [2.24, 2.45) is 23.1 Å². The van der Waals surface area contributed by atoms with Crippen molar-refractivity contribution in [3.63, 3.8) is 0 Å². The van der Waals surface area contributed by atoms with Gasteiger partial charge in [-0.2, -0.15) is 0 Å². The van der Waals surface area contributed by atoms with Gasteiger partial charge in [-0.1, -0.05) is 38.1 Å². The summed E-state index contributed by atoms with van der Waals surface area (Å²) in [5, 5.41) is 32.8. The summed E-state index contributed by atoms with van der Waals surface area (Å²) in [7, 11) is 0. The van der Waals surface area contributed by atoms with E-state index in [9.17, 15) is 39.0 Å². The molecule has 1 aliphatic heterocycles. The predicted molar refractivity (Wildman–Crippen MR) is 191 cm³/mol. The summed E-state index contributed by atoms with van der Waals surface area (Å²) in [6, 6.07) is -0.820. The molecule has 1 heterocycles. The minimum absolute atomic E-state index is 0.00641. The second-order valence-corrected chi connectivity index (χ2v) is 13.3. The molecule has 16 nitrogen and oxygen atoms in total. The smallest absolute Gasteiger partial charge is 0.326 e. The van der Waals surface area contributed by atoms with Gasteiger partial charge in [-0.25, -0.2) is 4.79 Å². The third-order valence-electron chi connectivity index (χ3n) is 8.39. The fourth-order valence-corrected chi connectivity index (χ4v) is 5.47. The second kappa shape index (κ2) is 22.3. The Kier molecular flexibility index (Phi) is 18.7. The van der Waals surface area contributed by atoms with Gasteiger partial charge in [0.15, 0.2) is 0 Å². The SMILES string of the molecule is CC(C)C[C@H](NC(=O)[C@H](Cc1ccc(O)cc1)NC(=O)[C@@H]1C/C=C\C[C@@H](N)C(=O)N[C@@H](CCCCN)C(=O)N[C@@H](CCCCN)C(=O)N1)C(=O)O. The first-order valence-corrected chi connectivity index (χ1v) is 17.6. The zero-order chi connectivity index (χ0) is 37.9. The van der Waals surface area contributed by atoms with Gasteiger partial charge in [0, 0.05) is 6.42 Å². The molecule has 13 N–H and O–H groups in total. The maximum atomic E-state index is 13.9. The molecule has 16 heteroatoms. The Bertz CT molecular complexity index is 1340. The Morgan fingerprint density at radius 3 is 1.90 bits per heavy atom. The van der Waals surface area contributed by atoms with Crippen LogP contribution >= 0.6 is 0 Å². The van der Waals surface area contributed by atoms with Crippen molar-refractivity contribution >= 4 is 35.5 Å². The number of aliphatic carboxylic acids is 1. The van der Waals surface area contributed by atoms with Crippen molar-refractivity contribution < 1.29 is 39.0 Å². The Labute approximate surface area is 299 Å². The number of unbranched alkanes of at least 4 members (excludes halogenated alkanes) is 2. The van der Waals surface area contributed by atoms with Crippen LogP contribution < -0.4 is 43.8 Å². The number of nitrogens with one attached hydrogen (secondary N) is 5. The third-order valence-corrected chi connectivity index (χ3v) is 8.39. The number of phenols is 1. The number of nitrogens with two attached hydrogens (primary N) is 3. The van der Waals surface area contributed by atoms with E-state index < -0.39 is 71.8 Å². The minimum Gasteiger partial charge on any atom is -0.508 e. The minimum atomic E-state index is -1.27. The van der Waals surface area contributed by atoms with Crippen LogP contribution in [0.4, 0.5) is 0 Å². The average molecular weight is 717 g/mol. The second-order valence-electron chi connectivity index (χ2n) is 13.3. The number of amides is 5. The van der Waals surface area contributed by atoms with Gasteiger partial charge in [0.05, 0.1) is 6.04 Å². The monoisotopic (exact) mass is 716 g/mol. The number of carboxylic acids is 1. The maximum Gasteiger partial charge on any atom is 0.326 e. The number of aromatic hydroxyl groups is 1. The number of carboxylic acid groups (broad SMARTS) is 1. The molecule has 0 fully saturated rings. The van der Waals surface area contributed by atoms with E-state index >= 15 is 0 Å². The van der Waals surface area contributed by atoms with Crippen molar-refractivity contribution in [3.05, 3.63) is 42.0 Å². The topological polar surface area (TPSA) is 281 Å². The molecular formula is C35H56N8O8. The summed E-state index contributed by atoms with van der Waals surface area (Å²) in [4.78, 5) is 79.5.